The van der Waals surface area contributed by atoms with Gasteiger partial charge in [-0.25, -0.2) is 17.6 Å². The summed E-state index contributed by atoms with van der Waals surface area (Å²) in [6, 6.07) is 19.3. The number of ether oxygens (including phenoxy) is 2. The van der Waals surface area contributed by atoms with Gasteiger partial charge in [0.2, 0.25) is 9.84 Å². The molecule has 0 aliphatic rings. The maximum atomic E-state index is 13.1. The van der Waals surface area contributed by atoms with E-state index in [1.807, 2.05) is 0 Å². The molecule has 162 valence electrons. The van der Waals surface area contributed by atoms with Crippen molar-refractivity contribution in [1.82, 2.24) is 0 Å². The molecule has 3 rings (SSSR count). The first kappa shape index (κ1) is 22.7. The van der Waals surface area contributed by atoms with Crippen LogP contribution in [0.3, 0.4) is 0 Å². The molecule has 0 amide bonds. The molecule has 3 aromatic rings. The summed E-state index contributed by atoms with van der Waals surface area (Å²) in [7, 11) is -2.75. The molecule has 0 unspecified atom stereocenters. The van der Waals surface area contributed by atoms with Crippen molar-refractivity contribution in [3.63, 3.8) is 0 Å². The number of carbonyl (C=O) groups excluding carboxylic acids is 1. The van der Waals surface area contributed by atoms with Gasteiger partial charge in [0.05, 0.1) is 17.6 Å². The molecule has 0 heterocycles. The van der Waals surface area contributed by atoms with Crippen molar-refractivity contribution in [2.45, 2.75) is 11.5 Å². The summed E-state index contributed by atoms with van der Waals surface area (Å²) in [5.74, 6) is -0.445. The van der Waals surface area contributed by atoms with Crippen molar-refractivity contribution in [2.75, 3.05) is 7.11 Å². The van der Waals surface area contributed by atoms with E-state index >= 15 is 0 Å². The van der Waals surface area contributed by atoms with Gasteiger partial charge in [0.25, 0.3) is 0 Å². The number of nitrogens with zero attached hydrogens (tertiary/aromatic N) is 1. The van der Waals surface area contributed by atoms with E-state index in [9.17, 15) is 22.9 Å². The molecule has 0 aromatic heterocycles. The Hall–Kier alpha value is -3.96. The van der Waals surface area contributed by atoms with Crippen LogP contribution in [0, 0.1) is 17.1 Å². The van der Waals surface area contributed by atoms with Gasteiger partial charge in [-0.2, -0.15) is 5.26 Å². The summed E-state index contributed by atoms with van der Waals surface area (Å²) in [5.41, 5.74) is 1.78. The summed E-state index contributed by atoms with van der Waals surface area (Å²) in [5, 5.41) is 9.35. The van der Waals surface area contributed by atoms with Crippen molar-refractivity contribution in [3.05, 3.63) is 100 Å². The Balaban J connectivity index is 1.70. The molecule has 32 heavy (non-hydrogen) atoms. The molecule has 0 fully saturated rings. The Morgan fingerprint density at radius 1 is 1.00 bits per heavy atom. The summed E-state index contributed by atoms with van der Waals surface area (Å²) in [6.45, 7) is 0.263. The molecule has 0 saturated heterocycles. The topological polar surface area (TPSA) is 93.5 Å². The Kier molecular flexibility index (Phi) is 7.03. The second-order valence-electron chi connectivity index (χ2n) is 6.62. The monoisotopic (exact) mass is 451 g/mol. The van der Waals surface area contributed by atoms with Crippen LogP contribution in [0.25, 0.3) is 6.08 Å². The number of esters is 1. The first-order valence-electron chi connectivity index (χ1n) is 9.36. The van der Waals surface area contributed by atoms with Gasteiger partial charge >= 0.3 is 5.97 Å². The SMILES string of the molecule is COC(=O)c1ccc(COc2ccc(C=C(C#N)S(=O)(=O)c3ccc(F)cc3)cc2)cc1. The standard InChI is InChI=1S/C24H18FNO5S/c1-30-24(27)19-6-2-18(3-7-19)16-31-21-10-4-17(5-11-21)14-23(15-26)32(28,29)22-12-8-20(25)9-13-22/h2-14H,16H2,1H3. The van der Waals surface area contributed by atoms with Crippen LogP contribution in [0.1, 0.15) is 21.5 Å². The fourth-order valence-corrected chi connectivity index (χ4v) is 3.90. The van der Waals surface area contributed by atoms with Gasteiger partial charge in [0.1, 0.15) is 29.1 Å². The maximum absolute atomic E-state index is 13.1. The van der Waals surface area contributed by atoms with E-state index in [0.29, 0.717) is 16.9 Å². The van der Waals surface area contributed by atoms with E-state index in [-0.39, 0.29) is 11.5 Å². The number of nitriles is 1. The smallest absolute Gasteiger partial charge is 0.337 e. The van der Waals surface area contributed by atoms with Crippen LogP contribution < -0.4 is 4.74 Å². The number of sulfone groups is 1. The molecule has 3 aromatic carbocycles. The lowest BCUT2D eigenvalue weighted by atomic mass is 10.1. The van der Waals surface area contributed by atoms with E-state index < -0.39 is 26.5 Å². The molecule has 0 aliphatic carbocycles. The van der Waals surface area contributed by atoms with Crippen LogP contribution in [0.2, 0.25) is 0 Å². The summed E-state index contributed by atoms with van der Waals surface area (Å²) in [6.07, 6.45) is 1.24. The minimum atomic E-state index is -4.06. The average Bonchev–Trinajstić information content (AvgIpc) is 2.82. The summed E-state index contributed by atoms with van der Waals surface area (Å²) >= 11 is 0. The molecule has 8 heteroatoms. The lowest BCUT2D eigenvalue weighted by Gasteiger charge is -2.08. The van der Waals surface area contributed by atoms with E-state index in [0.717, 1.165) is 29.8 Å². The average molecular weight is 451 g/mol. The first-order valence-corrected chi connectivity index (χ1v) is 10.8. The predicted octanol–water partition coefficient (Wildman–Crippen LogP) is 4.53. The fraction of sp³-hybridized carbons (Fsp3) is 0.0833. The normalized spacial score (nSPS) is 11.5. The zero-order valence-corrected chi connectivity index (χ0v) is 17.8. The number of allylic oxidation sites excluding steroid dienone is 1. The Morgan fingerprint density at radius 3 is 2.19 bits per heavy atom. The molecule has 0 atom stereocenters. The molecule has 0 N–H and O–H groups in total. The van der Waals surface area contributed by atoms with Crippen LogP contribution in [0.4, 0.5) is 4.39 Å². The van der Waals surface area contributed by atoms with Crippen molar-refractivity contribution in [2.24, 2.45) is 0 Å². The lowest BCUT2D eigenvalue weighted by molar-refractivity contribution is 0.0600. The third-order valence-corrected chi connectivity index (χ3v) is 6.16. The molecular weight excluding hydrogens is 433 g/mol. The van der Waals surface area contributed by atoms with E-state index in [1.165, 1.54) is 13.2 Å². The van der Waals surface area contributed by atoms with Crippen molar-refractivity contribution in [3.8, 4) is 11.8 Å². The first-order chi connectivity index (χ1) is 15.3. The molecule has 0 spiro atoms. The number of halogens is 1. The number of benzene rings is 3. The van der Waals surface area contributed by atoms with Gasteiger partial charge in [-0.3, -0.25) is 0 Å². The molecule has 6 nitrogen and oxygen atoms in total. The molecule has 0 saturated carbocycles. The maximum Gasteiger partial charge on any atom is 0.337 e. The molecule has 0 radical (unpaired) electrons. The van der Waals surface area contributed by atoms with Gasteiger partial charge in [-0.05, 0) is 65.7 Å². The van der Waals surface area contributed by atoms with Gasteiger partial charge in [-0.15, -0.1) is 0 Å². The second-order valence-corrected chi connectivity index (χ2v) is 8.54. The minimum Gasteiger partial charge on any atom is -0.489 e. The fourth-order valence-electron chi connectivity index (χ4n) is 2.74. The van der Waals surface area contributed by atoms with Crippen LogP contribution >= 0.6 is 0 Å². The van der Waals surface area contributed by atoms with Crippen molar-refractivity contribution >= 4 is 21.9 Å². The number of carbonyl (C=O) groups is 1. The van der Waals surface area contributed by atoms with Crippen molar-refractivity contribution in [1.29, 1.82) is 5.26 Å². The van der Waals surface area contributed by atoms with Crippen LogP contribution in [-0.4, -0.2) is 21.5 Å². The predicted molar refractivity (Wildman–Crippen MR) is 116 cm³/mol. The van der Waals surface area contributed by atoms with Gasteiger partial charge in [0, 0.05) is 0 Å². The Morgan fingerprint density at radius 2 is 1.62 bits per heavy atom. The van der Waals surface area contributed by atoms with E-state index in [2.05, 4.69) is 4.74 Å². The highest BCUT2D eigenvalue weighted by atomic mass is 32.2. The molecule has 0 bridgehead atoms. The third kappa shape index (κ3) is 5.39. The van der Waals surface area contributed by atoms with Crippen molar-refractivity contribution < 1.29 is 27.1 Å². The number of methoxy groups -OCH3 is 1. The van der Waals surface area contributed by atoms with Gasteiger partial charge in [-0.1, -0.05) is 24.3 Å². The number of hydrogen-bond donors (Lipinski definition) is 0. The zero-order valence-electron chi connectivity index (χ0n) is 17.0. The highest BCUT2D eigenvalue weighted by Gasteiger charge is 2.20. The second kappa shape index (κ2) is 9.90. The van der Waals surface area contributed by atoms with Crippen LogP contribution in [0.15, 0.2) is 82.6 Å². The van der Waals surface area contributed by atoms with Crippen LogP contribution in [0.5, 0.6) is 5.75 Å². The lowest BCUT2D eigenvalue weighted by Crippen LogP contribution is -2.03. The minimum absolute atomic E-state index is 0.162. The highest BCUT2D eigenvalue weighted by molar-refractivity contribution is 7.95. The number of hydrogen-bond acceptors (Lipinski definition) is 6. The van der Waals surface area contributed by atoms with E-state index in [1.54, 1.807) is 54.6 Å². The molecular formula is C24H18FNO5S. The quantitative estimate of drug-likeness (QED) is 0.298. The third-order valence-electron chi connectivity index (χ3n) is 4.48. The Labute approximate surface area is 185 Å². The highest BCUT2D eigenvalue weighted by Crippen LogP contribution is 2.23. The summed E-state index contributed by atoms with van der Waals surface area (Å²) in [4.78, 5) is 10.8. The number of rotatable bonds is 7. The van der Waals surface area contributed by atoms with Gasteiger partial charge in [0.15, 0.2) is 0 Å². The van der Waals surface area contributed by atoms with Gasteiger partial charge < -0.3 is 9.47 Å². The van der Waals surface area contributed by atoms with E-state index in [4.69, 9.17) is 4.74 Å². The zero-order chi connectivity index (χ0) is 23.1. The molecule has 0 aliphatic heterocycles. The largest absolute Gasteiger partial charge is 0.489 e. The van der Waals surface area contributed by atoms with Crippen LogP contribution in [-0.2, 0) is 21.2 Å². The summed E-state index contributed by atoms with van der Waals surface area (Å²) < 4.78 is 48.7. The Bertz CT molecular complexity index is 1270.